The molecule has 1 aliphatic carbocycles. The van der Waals surface area contributed by atoms with E-state index in [0.29, 0.717) is 65.4 Å². The van der Waals surface area contributed by atoms with E-state index in [1.807, 2.05) is 55.3 Å². The summed E-state index contributed by atoms with van der Waals surface area (Å²) in [4.78, 5) is 80.6. The Labute approximate surface area is 653 Å². The van der Waals surface area contributed by atoms with Crippen LogP contribution in [0.5, 0.6) is 0 Å². The van der Waals surface area contributed by atoms with Crippen molar-refractivity contribution in [2.75, 3.05) is 127 Å². The number of hydrogen-bond donors (Lipinski definition) is 2. The molecule has 0 amide bonds. The first-order valence-corrected chi connectivity index (χ1v) is 36.2. The summed E-state index contributed by atoms with van der Waals surface area (Å²) >= 11 is 0. The molecular formula is C75H118O37. The number of hydrogen-bond acceptors (Lipinski definition) is 37. The van der Waals surface area contributed by atoms with Crippen LogP contribution >= 0.6 is 0 Å². The molecule has 3 unspecified atom stereocenters. The van der Waals surface area contributed by atoms with Crippen LogP contribution in [0, 0.1) is 10.8 Å². The fourth-order valence-corrected chi connectivity index (χ4v) is 11.4. The van der Waals surface area contributed by atoms with Gasteiger partial charge >= 0.3 is 41.6 Å². The van der Waals surface area contributed by atoms with Crippen LogP contribution in [-0.2, 0) is 152 Å². The van der Waals surface area contributed by atoms with Crippen LogP contribution in [0.2, 0.25) is 0 Å². The Morgan fingerprint density at radius 1 is 0.670 bits per heavy atom. The number of esters is 6. The topological polar surface area (TPSA) is 434 Å². The van der Waals surface area contributed by atoms with Crippen LogP contribution < -0.4 is 5.82 Å². The molecule has 8 atom stereocenters. The second-order valence-electron chi connectivity index (χ2n) is 27.7. The third kappa shape index (κ3) is 33.7. The number of fused-ring (bicyclic) bond motifs is 1. The van der Waals surface area contributed by atoms with Gasteiger partial charge in [-0.05, 0) is 108 Å². The van der Waals surface area contributed by atoms with Crippen LogP contribution in [0.4, 0.5) is 0 Å². The highest BCUT2D eigenvalue weighted by molar-refractivity contribution is 5.87. The van der Waals surface area contributed by atoms with E-state index in [-0.39, 0.29) is 77.9 Å². The molecule has 37 heteroatoms. The van der Waals surface area contributed by atoms with Crippen molar-refractivity contribution in [3.8, 4) is 0 Å². The largest absolute Gasteiger partial charge is 0.518 e. The summed E-state index contributed by atoms with van der Waals surface area (Å²) in [5, 5.41) is 19.0. The number of aliphatic hydroxyl groups is 2. The van der Waals surface area contributed by atoms with E-state index < -0.39 is 71.7 Å². The number of cyclic esters (lactones) is 2. The Kier molecular flexibility index (Phi) is 43.3. The summed E-state index contributed by atoms with van der Waals surface area (Å²) in [6.45, 7) is 42.9. The van der Waals surface area contributed by atoms with E-state index in [2.05, 4.69) is 45.7 Å². The van der Waals surface area contributed by atoms with E-state index in [0.717, 1.165) is 89.3 Å². The smallest absolute Gasteiger partial charge is 0.467 e. The van der Waals surface area contributed by atoms with Gasteiger partial charge in [-0.25, -0.2) is 19.2 Å². The zero-order chi connectivity index (χ0) is 84.0. The highest BCUT2D eigenvalue weighted by Gasteiger charge is 2.58. The number of aliphatic hydroxyl groups excluding tert-OH is 2. The van der Waals surface area contributed by atoms with Crippen LogP contribution in [0.15, 0.2) is 87.0 Å². The molecule has 14 rings (SSSR count). The normalized spacial score (nSPS) is 27.9. The molecule has 13 heterocycles. The fraction of sp³-hybridized carbons (Fsp3) is 0.733. The average molecular weight is 1610 g/mol. The first kappa shape index (κ1) is 99.6. The van der Waals surface area contributed by atoms with E-state index >= 15 is 0 Å². The Bertz CT molecular complexity index is 3050. The number of carbonyl (C=O) groups is 7. The summed E-state index contributed by atoms with van der Waals surface area (Å²) < 4.78 is 137. The zero-order valence-electron chi connectivity index (χ0n) is 67.5. The Morgan fingerprint density at radius 3 is 1.49 bits per heavy atom. The molecule has 37 nitrogen and oxygen atoms in total. The van der Waals surface area contributed by atoms with Gasteiger partial charge in [0, 0.05) is 45.8 Å². The molecule has 0 bridgehead atoms. The lowest BCUT2D eigenvalue weighted by Gasteiger charge is -2.39. The summed E-state index contributed by atoms with van der Waals surface area (Å²) in [7, 11) is 3.91. The minimum absolute atomic E-state index is 0.0312. The van der Waals surface area contributed by atoms with Crippen molar-refractivity contribution in [3.63, 3.8) is 0 Å². The van der Waals surface area contributed by atoms with Gasteiger partial charge in [0.15, 0.2) is 47.6 Å². The summed E-state index contributed by atoms with van der Waals surface area (Å²) in [6, 6.07) is 0. The Hall–Kier alpha value is -6.64. The molecule has 0 aromatic carbocycles. The average Bonchev–Trinajstić information content (AvgIpc) is 1.51. The molecule has 1 saturated carbocycles. The summed E-state index contributed by atoms with van der Waals surface area (Å²) in [6.07, 6.45) is 11.0. The lowest BCUT2D eigenvalue weighted by atomic mass is 9.84. The summed E-state index contributed by atoms with van der Waals surface area (Å²) in [5.41, 5.74) is 0.694. The SMILES string of the molecule is C/C=C/C(=O)OCC.C1COC2(CCC3(CC2)OCCO3)O1.C1OCC2(CO1)COCOC2.C=C1CC(=O)O1.C=COC(C)=O.C=O.CC(C)=C1OC(=O)C1(C)C.CC1(C)O[C@H]2O[C@@H]([C@H]3COC(C)(C)O3)[C@@H](O)[C@@H]2O1.CC1OCCCO1.COC(=O)C1(OC)C=CC(CO)O1.COC(=O)C1COC(C)(C)O1.O=c1occo1. The molecule has 12 aliphatic heterocycles. The predicted molar refractivity (Wildman–Crippen MR) is 385 cm³/mol. The predicted octanol–water partition coefficient (Wildman–Crippen LogP) is 6.11. The third-order valence-electron chi connectivity index (χ3n) is 16.6. The van der Waals surface area contributed by atoms with Gasteiger partial charge in [0.2, 0.25) is 0 Å². The van der Waals surface area contributed by atoms with Crippen molar-refractivity contribution < 1.29 is 171 Å². The molecule has 3 spiro atoms. The molecule has 640 valence electrons. The van der Waals surface area contributed by atoms with Gasteiger partial charge in [0.1, 0.15) is 86.8 Å². The van der Waals surface area contributed by atoms with Crippen molar-refractivity contribution in [3.05, 3.63) is 84.0 Å². The van der Waals surface area contributed by atoms with Gasteiger partial charge in [-0.1, -0.05) is 25.3 Å². The van der Waals surface area contributed by atoms with E-state index in [1.165, 1.54) is 52.9 Å². The maximum Gasteiger partial charge on any atom is 0.518 e. The van der Waals surface area contributed by atoms with Gasteiger partial charge in [0.05, 0.1) is 118 Å². The number of allylic oxidation sites excluding steroid dienone is 2. The van der Waals surface area contributed by atoms with Crippen molar-refractivity contribution in [2.45, 2.75) is 219 Å². The highest BCUT2D eigenvalue weighted by Crippen LogP contribution is 2.45. The van der Waals surface area contributed by atoms with E-state index in [4.69, 9.17) is 105 Å². The van der Waals surface area contributed by atoms with Crippen molar-refractivity contribution in [2.24, 2.45) is 10.8 Å². The van der Waals surface area contributed by atoms with E-state index in [1.54, 1.807) is 53.7 Å². The van der Waals surface area contributed by atoms with Crippen LogP contribution in [0.25, 0.3) is 0 Å². The lowest BCUT2D eigenvalue weighted by molar-refractivity contribution is -0.250. The minimum Gasteiger partial charge on any atom is -0.467 e. The first-order chi connectivity index (χ1) is 52.9. The molecule has 1 aromatic heterocycles. The fourth-order valence-electron chi connectivity index (χ4n) is 11.4. The second kappa shape index (κ2) is 48.7. The lowest BCUT2D eigenvalue weighted by Crippen LogP contribution is -2.47. The number of carbonyl (C=O) groups excluding carboxylic acids is 7. The molecule has 112 heavy (non-hydrogen) atoms. The van der Waals surface area contributed by atoms with Crippen LogP contribution in [0.3, 0.4) is 0 Å². The van der Waals surface area contributed by atoms with Crippen molar-refractivity contribution in [1.82, 2.24) is 0 Å². The maximum atomic E-state index is 11.2. The second-order valence-corrected chi connectivity index (χ2v) is 27.7. The first-order valence-electron chi connectivity index (χ1n) is 36.2. The van der Waals surface area contributed by atoms with Crippen LogP contribution in [0.1, 0.15) is 135 Å². The van der Waals surface area contributed by atoms with Crippen LogP contribution in [-0.4, -0.2) is 264 Å². The molecule has 2 N–H and O–H groups in total. The molecule has 0 radical (unpaired) electrons. The highest BCUT2D eigenvalue weighted by atomic mass is 16.9. The van der Waals surface area contributed by atoms with E-state index in [9.17, 15) is 38.7 Å². The van der Waals surface area contributed by atoms with Gasteiger partial charge in [0.25, 0.3) is 5.79 Å². The quantitative estimate of drug-likeness (QED) is 0.0974. The van der Waals surface area contributed by atoms with Gasteiger partial charge in [-0.3, -0.25) is 14.4 Å². The van der Waals surface area contributed by atoms with Gasteiger partial charge in [-0.2, -0.15) is 0 Å². The van der Waals surface area contributed by atoms with Crippen molar-refractivity contribution in [1.29, 1.82) is 0 Å². The zero-order valence-corrected chi connectivity index (χ0v) is 67.5. The minimum atomic E-state index is -1.48. The maximum absolute atomic E-state index is 11.2. The molecule has 12 fully saturated rings. The molecular weight excluding hydrogens is 1490 g/mol. The standard InChI is InChI=1S/C12H20O6.C10H16O4.C8H12O5.C8H12O2.2C7H12O4.C6H10O2.C5H10O2.C4H4O2.C4H6O2.C3H2O3.CH2O/c1-11(2)14-5-6(16-11)8-7(13)9-10(15-8)18-12(3,4)17-9;1-2-10(13-7-8-14-10)4-3-9(1)11-5-6-12-9;1-11-7(10)8(12-2)4-3-6(5-9)13-8;1-5(2)6-8(3,4)7(9)10-6;1-7(2-9-5-8-1)3-10-6-11-4-7;1-7(2)10-4-5(11-7)6(8)9-3;1-3-5-6(7)8-4-2;1-5-6-3-2-4-7-5;1-3-2-4(5)6-3;1-3-6-4(2)5;4-3-5-1-2-6-3;1-2/h6-10,13H,5H2,1-4H3;1-8H2;3-4,6,9H,5H2,1-2H3;1-4H3;1-6H2;5H,4H2,1-3H3;3,5H,4H2,1-2H3;5H,2-4H2,1H3;1-2H2;3H,1H2,2H3;1-2H;1H2/b;;;;;;5-3+;;;;;/t6-,7-,8+,9+,10-;;;;;;;;;;;/m1.........../s1. The van der Waals surface area contributed by atoms with Crippen molar-refractivity contribution >= 4 is 42.6 Å². The number of ether oxygens (including phenoxy) is 25. The number of rotatable bonds is 8. The monoisotopic (exact) mass is 1610 g/mol. The van der Waals surface area contributed by atoms with Gasteiger partial charge < -0.3 is 142 Å². The summed E-state index contributed by atoms with van der Waals surface area (Å²) in [5.74, 6) is -5.24. The Balaban J connectivity index is 0.000000324. The number of methoxy groups -OCH3 is 3. The molecule has 13 aliphatic rings. The molecule has 11 saturated heterocycles. The van der Waals surface area contributed by atoms with Gasteiger partial charge in [-0.15, -0.1) is 0 Å². The molecule has 1 aromatic rings. The Morgan fingerprint density at radius 2 is 1.19 bits per heavy atom. The third-order valence-corrected chi connectivity index (χ3v) is 16.6.